The highest BCUT2D eigenvalue weighted by molar-refractivity contribution is 7.19. The van der Waals surface area contributed by atoms with Gasteiger partial charge in [0.25, 0.3) is 5.91 Å². The highest BCUT2D eigenvalue weighted by atomic mass is 32.1. The Balaban J connectivity index is 1.63. The molecule has 4 N–H and O–H groups in total. The van der Waals surface area contributed by atoms with Crippen LogP contribution in [0.4, 0.5) is 0 Å². The molecule has 12 heteroatoms. The molecule has 4 atom stereocenters. The molecule has 3 aromatic rings. The molecule has 0 spiro atoms. The number of amides is 2. The molecule has 0 aromatic carbocycles. The van der Waals surface area contributed by atoms with Gasteiger partial charge in [0.15, 0.2) is 12.4 Å². The van der Waals surface area contributed by atoms with Crippen molar-refractivity contribution in [1.82, 2.24) is 14.3 Å². The van der Waals surface area contributed by atoms with Crippen molar-refractivity contribution in [2.45, 2.75) is 39.1 Å². The molecule has 3 aromatic heterocycles. The number of rotatable bonds is 7. The maximum absolute atomic E-state index is 12.7. The van der Waals surface area contributed by atoms with Crippen LogP contribution in [0.5, 0.6) is 0 Å². The van der Waals surface area contributed by atoms with Gasteiger partial charge in [-0.2, -0.15) is 4.57 Å². The van der Waals surface area contributed by atoms with E-state index in [1.807, 2.05) is 6.92 Å². The number of carboxylic acids is 1. The van der Waals surface area contributed by atoms with E-state index in [1.165, 1.54) is 23.2 Å². The molecule has 1 saturated heterocycles. The van der Waals surface area contributed by atoms with Crippen molar-refractivity contribution in [1.29, 1.82) is 0 Å². The molecular formula is C23H23N5O6S. The number of carbonyl (C=O) groups excluding carboxylic acids is 3. The van der Waals surface area contributed by atoms with Crippen molar-refractivity contribution in [3.05, 3.63) is 47.1 Å². The van der Waals surface area contributed by atoms with Crippen LogP contribution in [0.15, 0.2) is 36.6 Å². The number of pyridine rings is 1. The van der Waals surface area contributed by atoms with Gasteiger partial charge in [-0.05, 0) is 6.92 Å². The third-order valence-electron chi connectivity index (χ3n) is 6.74. The van der Waals surface area contributed by atoms with Crippen molar-refractivity contribution in [2.24, 2.45) is 17.6 Å². The summed E-state index contributed by atoms with van der Waals surface area (Å²) in [5.41, 5.74) is 7.25. The molecule has 0 saturated carbocycles. The molecule has 5 rings (SSSR count). The van der Waals surface area contributed by atoms with E-state index in [4.69, 9.17) is 5.73 Å². The van der Waals surface area contributed by atoms with Gasteiger partial charge in [0, 0.05) is 29.2 Å². The molecule has 2 aliphatic rings. The maximum Gasteiger partial charge on any atom is 0.283 e. The van der Waals surface area contributed by atoms with E-state index in [2.05, 4.69) is 4.98 Å². The molecule has 0 bridgehead atoms. The third-order valence-corrected chi connectivity index (χ3v) is 7.98. The number of primary amides is 1. The standard InChI is InChI=1S/C23H23N5O6S/c1-10-15(19(23(33)34)28-18(10)16(11(2)30)21(28)32)20-13(8-29)27-9-25-17(22(27)35-20)12-3-5-26(6-4-12)7-14(24)31/h3-6,9-11,16,18,29-30H,7-8H2,1-2H3,(H2-,24,31,33,34)/t10-,11+,16+,18+/m0/s1. The Morgan fingerprint density at radius 2 is 2.03 bits per heavy atom. The lowest BCUT2D eigenvalue weighted by Gasteiger charge is -2.47. The van der Waals surface area contributed by atoms with Gasteiger partial charge >= 0.3 is 0 Å². The smallest absolute Gasteiger partial charge is 0.283 e. The van der Waals surface area contributed by atoms with Crippen LogP contribution in [-0.4, -0.2) is 54.4 Å². The molecule has 0 radical (unpaired) electrons. The lowest BCUT2D eigenvalue weighted by atomic mass is 9.77. The average Bonchev–Trinajstić information content (AvgIpc) is 3.42. The van der Waals surface area contributed by atoms with Crippen LogP contribution in [-0.2, 0) is 27.5 Å². The van der Waals surface area contributed by atoms with Gasteiger partial charge in [0.05, 0.1) is 46.9 Å². The highest BCUT2D eigenvalue weighted by Gasteiger charge is 2.59. The number of β-lactam (4-membered cyclic amide) rings is 1. The van der Waals surface area contributed by atoms with E-state index < -0.39 is 41.8 Å². The normalized spacial score (nSPS) is 22.5. The van der Waals surface area contributed by atoms with E-state index in [-0.39, 0.29) is 18.8 Å². The number of thiazole rings is 1. The fraction of sp³-hybridized carbons (Fsp3) is 0.348. The van der Waals surface area contributed by atoms with Crippen molar-refractivity contribution in [2.75, 3.05) is 0 Å². The first-order valence-corrected chi connectivity index (χ1v) is 11.8. The summed E-state index contributed by atoms with van der Waals surface area (Å²) in [4.78, 5) is 42.9. The predicted molar refractivity (Wildman–Crippen MR) is 121 cm³/mol. The number of fused-ring (bicyclic) bond motifs is 2. The number of carbonyl (C=O) groups is 3. The average molecular weight is 498 g/mol. The number of imidazole rings is 1. The zero-order chi connectivity index (χ0) is 25.2. The van der Waals surface area contributed by atoms with E-state index in [0.29, 0.717) is 26.7 Å². The predicted octanol–water partition coefficient (Wildman–Crippen LogP) is -1.35. The number of aliphatic carboxylic acids is 1. The van der Waals surface area contributed by atoms with Gasteiger partial charge in [-0.25, -0.2) is 4.98 Å². The second-order valence-electron chi connectivity index (χ2n) is 8.83. The second kappa shape index (κ2) is 8.26. The van der Waals surface area contributed by atoms with Gasteiger partial charge in [-0.15, -0.1) is 11.3 Å². The molecule has 2 amide bonds. The van der Waals surface area contributed by atoms with Crippen LogP contribution in [0.3, 0.4) is 0 Å². The molecule has 0 aliphatic carbocycles. The topological polar surface area (TPSA) is 165 Å². The molecule has 1 fully saturated rings. The summed E-state index contributed by atoms with van der Waals surface area (Å²) in [6.07, 6.45) is 4.04. The quantitative estimate of drug-likeness (QED) is 0.268. The van der Waals surface area contributed by atoms with Crippen molar-refractivity contribution < 1.29 is 34.3 Å². The highest BCUT2D eigenvalue weighted by Crippen LogP contribution is 2.52. The minimum absolute atomic E-state index is 0.0403. The van der Waals surface area contributed by atoms with Crippen molar-refractivity contribution in [3.63, 3.8) is 0 Å². The SMILES string of the molecule is C[C@@H](O)[C@H]1C(=O)N2C(C(=O)[O-])=C(c3sc4c(-c5cc[n+](CC(N)=O)cc5)ncn4c3CO)[C@H](C)[C@H]12. The Morgan fingerprint density at radius 3 is 2.60 bits per heavy atom. The zero-order valence-corrected chi connectivity index (χ0v) is 19.7. The summed E-state index contributed by atoms with van der Waals surface area (Å²) in [6, 6.07) is 3.07. The molecule has 2 aliphatic heterocycles. The number of aliphatic hydroxyl groups is 2. The lowest BCUT2D eigenvalue weighted by Crippen LogP contribution is -2.64. The molecule has 35 heavy (non-hydrogen) atoms. The van der Waals surface area contributed by atoms with Gasteiger partial charge in [-0.3, -0.25) is 14.0 Å². The van der Waals surface area contributed by atoms with Gasteiger partial charge < -0.3 is 30.7 Å². The monoisotopic (exact) mass is 497 g/mol. The summed E-state index contributed by atoms with van der Waals surface area (Å²) in [5, 5.41) is 32.5. The summed E-state index contributed by atoms with van der Waals surface area (Å²) in [5.74, 6) is -3.49. The largest absolute Gasteiger partial charge is 0.543 e. The van der Waals surface area contributed by atoms with Crippen LogP contribution >= 0.6 is 11.3 Å². The van der Waals surface area contributed by atoms with Gasteiger partial charge in [-0.1, -0.05) is 6.92 Å². The Hall–Kier alpha value is -3.61. The number of aliphatic hydroxyl groups excluding tert-OH is 2. The molecule has 5 heterocycles. The fourth-order valence-corrected chi connectivity index (χ4v) is 6.59. The number of nitrogens with two attached hydrogens (primary N) is 1. The first-order valence-electron chi connectivity index (χ1n) is 11.0. The second-order valence-corrected chi connectivity index (χ2v) is 9.83. The van der Waals surface area contributed by atoms with E-state index in [0.717, 1.165) is 5.56 Å². The van der Waals surface area contributed by atoms with Gasteiger partial charge in [0.1, 0.15) is 16.9 Å². The fourth-order valence-electron chi connectivity index (χ4n) is 5.21. The third kappa shape index (κ3) is 3.36. The first-order chi connectivity index (χ1) is 16.6. The number of nitrogens with zero attached hydrogens (tertiary/aromatic N) is 4. The van der Waals surface area contributed by atoms with Crippen LogP contribution in [0.1, 0.15) is 24.4 Å². The Bertz CT molecular complexity index is 1410. The Labute approximate surface area is 203 Å². The molecule has 11 nitrogen and oxygen atoms in total. The minimum Gasteiger partial charge on any atom is -0.543 e. The maximum atomic E-state index is 12.7. The van der Waals surface area contributed by atoms with Gasteiger partial charge in [0.2, 0.25) is 12.5 Å². The summed E-state index contributed by atoms with van der Waals surface area (Å²) in [6.45, 7) is 2.99. The van der Waals surface area contributed by atoms with Crippen molar-refractivity contribution >= 4 is 39.5 Å². The number of aromatic nitrogens is 3. The number of hydrogen-bond acceptors (Lipinski definition) is 8. The summed E-state index contributed by atoms with van der Waals surface area (Å²) in [7, 11) is 0. The van der Waals surface area contributed by atoms with Crippen molar-refractivity contribution in [3.8, 4) is 11.3 Å². The van der Waals surface area contributed by atoms with Crippen LogP contribution in [0.25, 0.3) is 21.7 Å². The number of hydrogen-bond donors (Lipinski definition) is 3. The Morgan fingerprint density at radius 1 is 1.34 bits per heavy atom. The molecule has 0 unspecified atom stereocenters. The van der Waals surface area contributed by atoms with E-state index in [1.54, 1.807) is 39.8 Å². The van der Waals surface area contributed by atoms with Crippen LogP contribution in [0.2, 0.25) is 0 Å². The molecule has 182 valence electrons. The van der Waals surface area contributed by atoms with E-state index in [9.17, 15) is 29.7 Å². The zero-order valence-electron chi connectivity index (χ0n) is 18.9. The minimum atomic E-state index is -1.48. The Kier molecular flexibility index (Phi) is 5.46. The number of carboxylic acid groups (broad SMARTS) is 1. The van der Waals surface area contributed by atoms with Crippen LogP contribution < -0.4 is 15.4 Å². The van der Waals surface area contributed by atoms with Crippen LogP contribution in [0, 0.1) is 11.8 Å². The summed E-state index contributed by atoms with van der Waals surface area (Å²) < 4.78 is 3.34. The first kappa shape index (κ1) is 23.1. The lowest BCUT2D eigenvalue weighted by molar-refractivity contribution is -0.684. The molecular weight excluding hydrogens is 474 g/mol. The van der Waals surface area contributed by atoms with E-state index >= 15 is 0 Å². The summed E-state index contributed by atoms with van der Waals surface area (Å²) >= 11 is 1.27.